The van der Waals surface area contributed by atoms with E-state index in [4.69, 9.17) is 5.11 Å². The van der Waals surface area contributed by atoms with Crippen molar-refractivity contribution in [1.82, 2.24) is 19.7 Å². The number of rotatable bonds is 5. The predicted molar refractivity (Wildman–Crippen MR) is 83.8 cm³/mol. The largest absolute Gasteiger partial charge is 0.478 e. The second kappa shape index (κ2) is 6.01. The van der Waals surface area contributed by atoms with E-state index in [0.29, 0.717) is 29.1 Å². The zero-order valence-electron chi connectivity index (χ0n) is 12.3. The Balaban J connectivity index is 2.04. The molecule has 23 heavy (non-hydrogen) atoms. The maximum Gasteiger partial charge on any atom is 0.335 e. The Hall–Kier alpha value is -3.00. The highest BCUT2D eigenvalue weighted by Crippen LogP contribution is 2.22. The summed E-state index contributed by atoms with van der Waals surface area (Å²) in [6.45, 7) is 2.03. The summed E-state index contributed by atoms with van der Waals surface area (Å²) in [5, 5.41) is 26.5. The number of benzene rings is 1. The van der Waals surface area contributed by atoms with Gasteiger partial charge in [0.1, 0.15) is 12.1 Å². The van der Waals surface area contributed by atoms with Gasteiger partial charge < -0.3 is 15.5 Å². The quantitative estimate of drug-likeness (QED) is 0.650. The van der Waals surface area contributed by atoms with Crippen molar-refractivity contribution < 1.29 is 15.0 Å². The van der Waals surface area contributed by atoms with Crippen molar-refractivity contribution in [2.75, 3.05) is 11.9 Å². The molecule has 0 amide bonds. The van der Waals surface area contributed by atoms with Crippen molar-refractivity contribution in [2.24, 2.45) is 0 Å². The third-order valence-electron chi connectivity index (χ3n) is 3.27. The maximum absolute atomic E-state index is 11.1. The molecule has 0 saturated carbocycles. The number of hydrogen-bond acceptors (Lipinski definition) is 6. The van der Waals surface area contributed by atoms with Crippen molar-refractivity contribution in [2.45, 2.75) is 13.0 Å². The number of hydrogen-bond donors (Lipinski definition) is 3. The Morgan fingerprint density at radius 1 is 1.39 bits per heavy atom. The van der Waals surface area contributed by atoms with Crippen LogP contribution in [0, 0.1) is 0 Å². The Morgan fingerprint density at radius 3 is 2.96 bits per heavy atom. The minimum atomic E-state index is -1.00. The van der Waals surface area contributed by atoms with Crippen LogP contribution in [-0.4, -0.2) is 48.6 Å². The van der Waals surface area contributed by atoms with E-state index in [0.717, 1.165) is 0 Å². The van der Waals surface area contributed by atoms with Crippen LogP contribution in [0.4, 0.5) is 5.82 Å². The molecule has 1 atom stereocenters. The number of carboxylic acids is 1. The molecule has 0 bridgehead atoms. The number of nitrogens with zero attached hydrogens (tertiary/aromatic N) is 4. The Kier molecular flexibility index (Phi) is 3.90. The van der Waals surface area contributed by atoms with Gasteiger partial charge in [0.05, 0.1) is 28.9 Å². The number of aliphatic hydroxyl groups excluding tert-OH is 1. The molecule has 0 aliphatic carbocycles. The van der Waals surface area contributed by atoms with E-state index in [1.807, 2.05) is 0 Å². The lowest BCUT2D eigenvalue weighted by atomic mass is 10.2. The number of fused-ring (bicyclic) bond motifs is 1. The first-order valence-corrected chi connectivity index (χ1v) is 7.00. The Morgan fingerprint density at radius 2 is 2.22 bits per heavy atom. The molecule has 0 radical (unpaired) electrons. The van der Waals surface area contributed by atoms with Crippen LogP contribution in [0.2, 0.25) is 0 Å². The zero-order chi connectivity index (χ0) is 16.4. The lowest BCUT2D eigenvalue weighted by Crippen LogP contribution is -2.16. The first-order chi connectivity index (χ1) is 11.1. The van der Waals surface area contributed by atoms with Gasteiger partial charge >= 0.3 is 5.97 Å². The predicted octanol–water partition coefficient (Wildman–Crippen LogP) is 1.31. The molecule has 0 aliphatic rings. The lowest BCUT2D eigenvalue weighted by molar-refractivity contribution is 0.0697. The lowest BCUT2D eigenvalue weighted by Gasteiger charge is -2.08. The number of aromatic nitrogens is 4. The van der Waals surface area contributed by atoms with Crippen LogP contribution in [0.15, 0.2) is 36.8 Å². The van der Waals surface area contributed by atoms with Gasteiger partial charge in [-0.05, 0) is 25.1 Å². The van der Waals surface area contributed by atoms with Crippen LogP contribution in [0.25, 0.3) is 16.7 Å². The molecule has 2 aromatic heterocycles. The summed E-state index contributed by atoms with van der Waals surface area (Å²) < 4.78 is 1.55. The number of nitrogens with one attached hydrogen (secondary N) is 1. The Labute approximate surface area is 131 Å². The summed E-state index contributed by atoms with van der Waals surface area (Å²) in [4.78, 5) is 19.5. The fourth-order valence-electron chi connectivity index (χ4n) is 2.19. The summed E-state index contributed by atoms with van der Waals surface area (Å²) in [5.41, 5.74) is 1.32. The van der Waals surface area contributed by atoms with Crippen molar-refractivity contribution in [3.05, 3.63) is 42.4 Å². The van der Waals surface area contributed by atoms with Crippen molar-refractivity contribution in [1.29, 1.82) is 0 Å². The summed E-state index contributed by atoms with van der Waals surface area (Å²) in [6, 6.07) is 6.45. The average Bonchev–Trinajstić information content (AvgIpc) is 2.97. The second-order valence-corrected chi connectivity index (χ2v) is 5.10. The molecular weight excluding hydrogens is 298 g/mol. The van der Waals surface area contributed by atoms with Gasteiger partial charge in [-0.3, -0.25) is 0 Å². The molecule has 3 aromatic rings. The van der Waals surface area contributed by atoms with E-state index >= 15 is 0 Å². The molecule has 0 saturated heterocycles. The molecule has 1 unspecified atom stereocenters. The topological polar surface area (TPSA) is 113 Å². The normalized spacial score (nSPS) is 12.3. The average molecular weight is 313 g/mol. The number of carboxylic acid groups (broad SMARTS) is 1. The first kappa shape index (κ1) is 14.9. The highest BCUT2D eigenvalue weighted by Gasteiger charge is 2.12. The van der Waals surface area contributed by atoms with Crippen molar-refractivity contribution in [3.8, 4) is 5.69 Å². The summed E-state index contributed by atoms with van der Waals surface area (Å²) in [5.74, 6) is -0.436. The van der Waals surface area contributed by atoms with Gasteiger partial charge in [-0.1, -0.05) is 6.07 Å². The fourth-order valence-corrected chi connectivity index (χ4v) is 2.19. The van der Waals surface area contributed by atoms with E-state index in [1.165, 1.54) is 18.5 Å². The molecule has 118 valence electrons. The molecule has 3 N–H and O–H groups in total. The van der Waals surface area contributed by atoms with E-state index < -0.39 is 12.1 Å². The molecular formula is C15H15N5O3. The number of carbonyl (C=O) groups is 1. The second-order valence-electron chi connectivity index (χ2n) is 5.10. The standard InChI is InChI=1S/C15H15N5O3/c1-9(21)6-16-13-12-7-19-20(14(12)18-8-17-13)11-4-2-3-10(5-11)15(22)23/h2-5,7-9,21H,6H2,1H3,(H,22,23)(H,16,17,18). The molecule has 0 aliphatic heterocycles. The van der Waals surface area contributed by atoms with E-state index in [9.17, 15) is 9.90 Å². The Bertz CT molecular complexity index is 859. The third-order valence-corrected chi connectivity index (χ3v) is 3.27. The summed E-state index contributed by atoms with van der Waals surface area (Å²) >= 11 is 0. The number of anilines is 1. The number of aromatic carboxylic acids is 1. The van der Waals surface area contributed by atoms with Crippen LogP contribution in [0.5, 0.6) is 0 Å². The van der Waals surface area contributed by atoms with E-state index in [2.05, 4.69) is 20.4 Å². The van der Waals surface area contributed by atoms with Gasteiger partial charge in [0.25, 0.3) is 0 Å². The summed E-state index contributed by atoms with van der Waals surface area (Å²) in [7, 11) is 0. The SMILES string of the molecule is CC(O)CNc1ncnc2c1cnn2-c1cccc(C(=O)O)c1. The van der Waals surface area contributed by atoms with Gasteiger partial charge in [-0.15, -0.1) is 0 Å². The van der Waals surface area contributed by atoms with Crippen molar-refractivity contribution >= 4 is 22.8 Å². The molecule has 2 heterocycles. The van der Waals surface area contributed by atoms with E-state index in [-0.39, 0.29) is 5.56 Å². The van der Waals surface area contributed by atoms with Crippen LogP contribution >= 0.6 is 0 Å². The molecule has 1 aromatic carbocycles. The minimum absolute atomic E-state index is 0.174. The highest BCUT2D eigenvalue weighted by molar-refractivity contribution is 5.89. The molecule has 0 fully saturated rings. The first-order valence-electron chi connectivity index (χ1n) is 7.00. The maximum atomic E-state index is 11.1. The van der Waals surface area contributed by atoms with Gasteiger partial charge in [0.15, 0.2) is 5.65 Å². The highest BCUT2D eigenvalue weighted by atomic mass is 16.4. The monoisotopic (exact) mass is 313 g/mol. The van der Waals surface area contributed by atoms with E-state index in [1.54, 1.807) is 29.9 Å². The molecule has 8 heteroatoms. The molecule has 0 spiro atoms. The van der Waals surface area contributed by atoms with Crippen LogP contribution in [-0.2, 0) is 0 Å². The minimum Gasteiger partial charge on any atom is -0.478 e. The van der Waals surface area contributed by atoms with Crippen LogP contribution in [0.3, 0.4) is 0 Å². The zero-order valence-corrected chi connectivity index (χ0v) is 12.3. The van der Waals surface area contributed by atoms with Gasteiger partial charge in [-0.2, -0.15) is 5.10 Å². The fraction of sp³-hybridized carbons (Fsp3) is 0.200. The van der Waals surface area contributed by atoms with Gasteiger partial charge in [0, 0.05) is 6.54 Å². The van der Waals surface area contributed by atoms with Crippen LogP contribution in [0.1, 0.15) is 17.3 Å². The summed E-state index contributed by atoms with van der Waals surface area (Å²) in [6.07, 6.45) is 2.49. The smallest absolute Gasteiger partial charge is 0.335 e. The van der Waals surface area contributed by atoms with Gasteiger partial charge in [0.2, 0.25) is 0 Å². The van der Waals surface area contributed by atoms with Crippen LogP contribution < -0.4 is 5.32 Å². The molecule has 8 nitrogen and oxygen atoms in total. The number of aliphatic hydroxyl groups is 1. The third kappa shape index (κ3) is 2.97. The van der Waals surface area contributed by atoms with Crippen molar-refractivity contribution in [3.63, 3.8) is 0 Å². The van der Waals surface area contributed by atoms with Gasteiger partial charge in [-0.25, -0.2) is 19.4 Å². The molecule has 3 rings (SSSR count).